The molecule has 0 aromatic heterocycles. The quantitative estimate of drug-likeness (QED) is 0.523. The van der Waals surface area contributed by atoms with Gasteiger partial charge in [0, 0.05) is 6.42 Å². The topological polar surface area (TPSA) is 20.2 Å². The summed E-state index contributed by atoms with van der Waals surface area (Å²) in [7, 11) is 0. The molecule has 1 aliphatic carbocycles. The summed E-state index contributed by atoms with van der Waals surface area (Å²) in [5.41, 5.74) is 0. The molecule has 0 heterocycles. The molecule has 0 radical (unpaired) electrons. The van der Waals surface area contributed by atoms with Crippen LogP contribution in [0, 0.1) is 23.7 Å². The number of aliphatic hydroxyl groups is 1. The maximum absolute atomic E-state index is 8.99. The Hall–Kier alpha value is -0.740. The second kappa shape index (κ2) is 8.37. The van der Waals surface area contributed by atoms with Crippen molar-refractivity contribution in [2.24, 2.45) is 11.8 Å². The van der Waals surface area contributed by atoms with Crippen molar-refractivity contribution < 1.29 is 5.11 Å². The van der Waals surface area contributed by atoms with Crippen molar-refractivity contribution in [3.63, 3.8) is 0 Å². The van der Waals surface area contributed by atoms with Gasteiger partial charge < -0.3 is 5.11 Å². The molecule has 1 N–H and O–H groups in total. The monoisotopic (exact) mass is 234 g/mol. The Morgan fingerprint density at radius 2 is 2.06 bits per heavy atom. The highest BCUT2D eigenvalue weighted by molar-refractivity contribution is 5.16. The van der Waals surface area contributed by atoms with Crippen LogP contribution in [-0.4, -0.2) is 11.2 Å². The highest BCUT2D eigenvalue weighted by Crippen LogP contribution is 2.45. The normalized spacial score (nSPS) is 24.4. The van der Waals surface area contributed by atoms with E-state index in [1.165, 1.54) is 38.5 Å². The maximum Gasteiger partial charge on any atom is 0.0701 e. The number of hydrogen-bond donors (Lipinski definition) is 1. The van der Waals surface area contributed by atoms with Crippen LogP contribution in [0.1, 0.15) is 58.8 Å². The Balaban J connectivity index is 1.98. The van der Waals surface area contributed by atoms with E-state index in [1.807, 2.05) is 0 Å². The average Bonchev–Trinajstić information content (AvgIpc) is 3.02. The lowest BCUT2D eigenvalue weighted by Gasteiger charge is -1.97. The van der Waals surface area contributed by atoms with E-state index in [-0.39, 0.29) is 6.10 Å². The molecule has 1 rings (SSSR count). The van der Waals surface area contributed by atoms with Crippen LogP contribution in [0.3, 0.4) is 0 Å². The summed E-state index contributed by atoms with van der Waals surface area (Å²) in [4.78, 5) is 0. The van der Waals surface area contributed by atoms with Gasteiger partial charge in [-0.3, -0.25) is 0 Å². The third-order valence-corrected chi connectivity index (χ3v) is 3.45. The smallest absolute Gasteiger partial charge is 0.0701 e. The lowest BCUT2D eigenvalue weighted by Crippen LogP contribution is -1.90. The van der Waals surface area contributed by atoms with E-state index in [9.17, 15) is 0 Å². The van der Waals surface area contributed by atoms with Crippen molar-refractivity contribution in [2.75, 3.05) is 0 Å². The first-order chi connectivity index (χ1) is 8.24. The van der Waals surface area contributed by atoms with Gasteiger partial charge in [0.1, 0.15) is 0 Å². The fourth-order valence-corrected chi connectivity index (χ4v) is 2.25. The van der Waals surface area contributed by atoms with Crippen molar-refractivity contribution in [3.05, 3.63) is 12.2 Å². The van der Waals surface area contributed by atoms with Gasteiger partial charge in [0.2, 0.25) is 0 Å². The van der Waals surface area contributed by atoms with E-state index < -0.39 is 0 Å². The molecule has 1 fully saturated rings. The molecule has 1 aliphatic rings. The maximum atomic E-state index is 8.99. The molecule has 0 unspecified atom stereocenters. The second-order valence-corrected chi connectivity index (χ2v) is 5.21. The van der Waals surface area contributed by atoms with Crippen LogP contribution in [0.5, 0.6) is 0 Å². The Labute approximate surface area is 106 Å². The van der Waals surface area contributed by atoms with Gasteiger partial charge in [-0.05, 0) is 43.8 Å². The van der Waals surface area contributed by atoms with E-state index in [2.05, 4.69) is 18.8 Å². The number of hydrogen-bond acceptors (Lipinski definition) is 1. The summed E-state index contributed by atoms with van der Waals surface area (Å²) >= 11 is 0. The van der Waals surface area contributed by atoms with Crippen molar-refractivity contribution in [3.8, 4) is 11.8 Å². The van der Waals surface area contributed by atoms with Crippen LogP contribution < -0.4 is 0 Å². The van der Waals surface area contributed by atoms with Gasteiger partial charge in [0.15, 0.2) is 0 Å². The number of unbranched alkanes of at least 4 members (excludes halogenated alkanes) is 2. The Morgan fingerprint density at radius 3 is 2.76 bits per heavy atom. The zero-order chi connectivity index (χ0) is 12.5. The first-order valence-corrected chi connectivity index (χ1v) is 7.07. The summed E-state index contributed by atoms with van der Waals surface area (Å²) in [5, 5.41) is 8.99. The summed E-state index contributed by atoms with van der Waals surface area (Å²) in [6.07, 6.45) is 12.4. The predicted octanol–water partition coefficient (Wildman–Crippen LogP) is 3.92. The zero-order valence-corrected chi connectivity index (χ0v) is 11.3. The fourth-order valence-electron chi connectivity index (χ4n) is 2.25. The predicted molar refractivity (Wildman–Crippen MR) is 73.6 cm³/mol. The minimum atomic E-state index is -0.379. The molecule has 0 spiro atoms. The molecule has 0 bridgehead atoms. The molecular formula is C16H26O. The molecule has 0 aromatic rings. The molecule has 17 heavy (non-hydrogen) atoms. The second-order valence-electron chi connectivity index (χ2n) is 5.21. The van der Waals surface area contributed by atoms with Crippen LogP contribution >= 0.6 is 0 Å². The molecular weight excluding hydrogens is 208 g/mol. The van der Waals surface area contributed by atoms with E-state index in [1.54, 1.807) is 19.1 Å². The molecule has 96 valence electrons. The van der Waals surface area contributed by atoms with Crippen LogP contribution in [0.15, 0.2) is 12.2 Å². The van der Waals surface area contributed by atoms with E-state index in [0.717, 1.165) is 18.3 Å². The first-order valence-electron chi connectivity index (χ1n) is 7.07. The van der Waals surface area contributed by atoms with Crippen molar-refractivity contribution in [2.45, 2.75) is 64.9 Å². The molecule has 1 saturated carbocycles. The van der Waals surface area contributed by atoms with Crippen LogP contribution in [0.25, 0.3) is 0 Å². The molecule has 0 amide bonds. The third kappa shape index (κ3) is 7.23. The molecule has 0 aromatic carbocycles. The van der Waals surface area contributed by atoms with Crippen LogP contribution in [0.2, 0.25) is 0 Å². The Kier molecular flexibility index (Phi) is 7.05. The lowest BCUT2D eigenvalue weighted by atomic mass is 10.1. The highest BCUT2D eigenvalue weighted by Gasteiger charge is 2.34. The average molecular weight is 234 g/mol. The van der Waals surface area contributed by atoms with Gasteiger partial charge >= 0.3 is 0 Å². The SMILES string of the molecule is CCCCC[C@@H]1C[C@H]1CCC#C/C=C/[C@H](C)O. The molecule has 3 atom stereocenters. The minimum Gasteiger partial charge on any atom is -0.389 e. The molecule has 1 heteroatoms. The summed E-state index contributed by atoms with van der Waals surface area (Å²) in [6.45, 7) is 4.00. The standard InChI is InChI=1S/C16H26O/c1-3-4-7-11-15-13-16(15)12-9-6-5-8-10-14(2)17/h8,10,14-17H,3-4,7,9,11-13H2,1-2H3/b10-8+/t14-,15+,16+/m0/s1. The van der Waals surface area contributed by atoms with E-state index >= 15 is 0 Å². The largest absolute Gasteiger partial charge is 0.389 e. The Bertz CT molecular complexity index is 280. The molecule has 1 nitrogen and oxygen atoms in total. The summed E-state index contributed by atoms with van der Waals surface area (Å²) in [6, 6.07) is 0. The van der Waals surface area contributed by atoms with Gasteiger partial charge in [-0.25, -0.2) is 0 Å². The summed E-state index contributed by atoms with van der Waals surface area (Å²) in [5.74, 6) is 8.10. The van der Waals surface area contributed by atoms with Crippen LogP contribution in [0.4, 0.5) is 0 Å². The van der Waals surface area contributed by atoms with Gasteiger partial charge in [-0.1, -0.05) is 44.4 Å². The van der Waals surface area contributed by atoms with Crippen molar-refractivity contribution >= 4 is 0 Å². The van der Waals surface area contributed by atoms with Crippen molar-refractivity contribution in [1.29, 1.82) is 0 Å². The van der Waals surface area contributed by atoms with Gasteiger partial charge in [0.25, 0.3) is 0 Å². The van der Waals surface area contributed by atoms with Gasteiger partial charge in [-0.15, -0.1) is 0 Å². The number of allylic oxidation sites excluding steroid dienone is 1. The molecule has 0 aliphatic heterocycles. The minimum absolute atomic E-state index is 0.379. The summed E-state index contributed by atoms with van der Waals surface area (Å²) < 4.78 is 0. The highest BCUT2D eigenvalue weighted by atomic mass is 16.3. The fraction of sp³-hybridized carbons (Fsp3) is 0.750. The van der Waals surface area contributed by atoms with Crippen molar-refractivity contribution in [1.82, 2.24) is 0 Å². The zero-order valence-electron chi connectivity index (χ0n) is 11.3. The Morgan fingerprint density at radius 1 is 1.29 bits per heavy atom. The number of aliphatic hydroxyl groups excluding tert-OH is 1. The van der Waals surface area contributed by atoms with Gasteiger partial charge in [-0.2, -0.15) is 0 Å². The van der Waals surface area contributed by atoms with Gasteiger partial charge in [0.05, 0.1) is 6.10 Å². The lowest BCUT2D eigenvalue weighted by molar-refractivity contribution is 0.244. The first kappa shape index (κ1) is 14.3. The third-order valence-electron chi connectivity index (χ3n) is 3.45. The number of rotatable bonds is 7. The molecule has 0 saturated heterocycles. The van der Waals surface area contributed by atoms with E-state index in [4.69, 9.17) is 5.11 Å². The van der Waals surface area contributed by atoms with Crippen LogP contribution in [-0.2, 0) is 0 Å². The van der Waals surface area contributed by atoms with E-state index in [0.29, 0.717) is 0 Å².